The van der Waals surface area contributed by atoms with Gasteiger partial charge in [0.1, 0.15) is 5.75 Å². The lowest BCUT2D eigenvalue weighted by atomic mass is 9.85. The van der Waals surface area contributed by atoms with Crippen LogP contribution in [-0.2, 0) is 19.5 Å². The molecule has 32 heavy (non-hydrogen) atoms. The Morgan fingerprint density at radius 3 is 2.22 bits per heavy atom. The van der Waals surface area contributed by atoms with Gasteiger partial charge in [0.15, 0.2) is 21.3 Å². The largest absolute Gasteiger partial charge is 0.493 e. The first kappa shape index (κ1) is 24.2. The van der Waals surface area contributed by atoms with E-state index in [2.05, 4.69) is 0 Å². The first-order valence-electron chi connectivity index (χ1n) is 10.3. The van der Waals surface area contributed by atoms with E-state index in [9.17, 15) is 13.5 Å². The van der Waals surface area contributed by atoms with E-state index in [1.54, 1.807) is 36.4 Å². The number of hydrogen-bond acceptors (Lipinski definition) is 8. The summed E-state index contributed by atoms with van der Waals surface area (Å²) >= 11 is 0. The zero-order chi connectivity index (χ0) is 23.5. The molecule has 3 unspecified atom stereocenters. The van der Waals surface area contributed by atoms with Gasteiger partial charge in [0.05, 0.1) is 46.6 Å². The van der Waals surface area contributed by atoms with Gasteiger partial charge in [0.25, 0.3) is 0 Å². The summed E-state index contributed by atoms with van der Waals surface area (Å²) in [4.78, 5) is -1.90. The van der Waals surface area contributed by atoms with Gasteiger partial charge in [-0.2, -0.15) is 0 Å². The Hall–Kier alpha value is -2.49. The van der Waals surface area contributed by atoms with Crippen LogP contribution in [0.1, 0.15) is 30.4 Å². The quantitative estimate of drug-likeness (QED) is 0.602. The minimum Gasteiger partial charge on any atom is -0.493 e. The number of hydrogen-bond donors (Lipinski definition) is 1. The van der Waals surface area contributed by atoms with Crippen LogP contribution in [0.15, 0.2) is 36.4 Å². The van der Waals surface area contributed by atoms with Crippen molar-refractivity contribution in [3.8, 4) is 23.0 Å². The first-order chi connectivity index (χ1) is 15.2. The maximum atomic E-state index is 13.4. The number of aliphatic hydroxyl groups excluding tert-OH is 1. The molecule has 1 aliphatic heterocycles. The van der Waals surface area contributed by atoms with Crippen LogP contribution in [0.2, 0.25) is 0 Å². The summed E-state index contributed by atoms with van der Waals surface area (Å²) in [7, 11) is 0.417. The van der Waals surface area contributed by atoms with Gasteiger partial charge in [0, 0.05) is 17.4 Å². The van der Waals surface area contributed by atoms with Crippen molar-refractivity contribution in [2.45, 2.75) is 30.3 Å². The summed E-state index contributed by atoms with van der Waals surface area (Å²) in [6.07, 6.45) is 0.786. The summed E-state index contributed by atoms with van der Waals surface area (Å²) in [6, 6.07) is 10.2. The molecule has 1 aliphatic rings. The predicted molar refractivity (Wildman–Crippen MR) is 120 cm³/mol. The smallest absolute Gasteiger partial charge is 0.203 e. The molecule has 1 fully saturated rings. The van der Waals surface area contributed by atoms with Gasteiger partial charge >= 0.3 is 0 Å². The Labute approximate surface area is 188 Å². The van der Waals surface area contributed by atoms with E-state index < -0.39 is 26.8 Å². The second-order valence-electron chi connectivity index (χ2n) is 7.60. The first-order valence-corrected chi connectivity index (χ1v) is 12.2. The highest BCUT2D eigenvalue weighted by atomic mass is 32.2. The van der Waals surface area contributed by atoms with E-state index in [1.165, 1.54) is 21.3 Å². The van der Waals surface area contributed by atoms with Crippen LogP contribution in [0, 0.1) is 0 Å². The molecule has 2 aromatic rings. The highest BCUT2D eigenvalue weighted by Gasteiger charge is 2.59. The average molecular weight is 467 g/mol. The fourth-order valence-corrected chi connectivity index (χ4v) is 5.81. The maximum Gasteiger partial charge on any atom is 0.203 e. The third kappa shape index (κ3) is 4.00. The van der Waals surface area contributed by atoms with Crippen molar-refractivity contribution in [3.63, 3.8) is 0 Å². The molecular formula is C23H30O8S. The maximum absolute atomic E-state index is 13.4. The third-order valence-electron chi connectivity index (χ3n) is 5.60. The molecular weight excluding hydrogens is 436 g/mol. The monoisotopic (exact) mass is 466 g/mol. The van der Waals surface area contributed by atoms with Gasteiger partial charge in [-0.05, 0) is 24.6 Å². The van der Waals surface area contributed by atoms with Crippen molar-refractivity contribution in [2.24, 2.45) is 0 Å². The molecule has 0 saturated carbocycles. The summed E-state index contributed by atoms with van der Waals surface area (Å²) in [6.45, 7) is 2.26. The van der Waals surface area contributed by atoms with E-state index in [0.29, 0.717) is 23.7 Å². The van der Waals surface area contributed by atoms with Crippen LogP contribution in [-0.4, -0.2) is 60.4 Å². The molecule has 0 aromatic heterocycles. The fraction of sp³-hybridized carbons (Fsp3) is 0.478. The van der Waals surface area contributed by atoms with Gasteiger partial charge in [-0.1, -0.05) is 25.1 Å². The van der Waals surface area contributed by atoms with E-state index in [0.717, 1.165) is 12.7 Å². The topological polar surface area (TPSA) is 101 Å². The molecule has 8 nitrogen and oxygen atoms in total. The van der Waals surface area contributed by atoms with E-state index >= 15 is 0 Å². The number of benzene rings is 2. The van der Waals surface area contributed by atoms with Crippen molar-refractivity contribution < 1.29 is 37.2 Å². The lowest BCUT2D eigenvalue weighted by Crippen LogP contribution is -2.41. The summed E-state index contributed by atoms with van der Waals surface area (Å²) in [5.74, 6) is 0.440. The van der Waals surface area contributed by atoms with Crippen LogP contribution in [0.3, 0.4) is 0 Å². The number of para-hydroxylation sites is 1. The molecule has 0 radical (unpaired) electrons. The highest BCUT2D eigenvalue weighted by molar-refractivity contribution is 7.91. The molecule has 0 aliphatic carbocycles. The molecule has 1 N–H and O–H groups in total. The second-order valence-corrected chi connectivity index (χ2v) is 9.75. The lowest BCUT2D eigenvalue weighted by molar-refractivity contribution is 0.0559. The highest BCUT2D eigenvalue weighted by Crippen LogP contribution is 2.55. The van der Waals surface area contributed by atoms with Gasteiger partial charge in [-0.3, -0.25) is 0 Å². The number of rotatable bonds is 9. The van der Waals surface area contributed by atoms with Crippen LogP contribution in [0.4, 0.5) is 0 Å². The molecule has 0 spiro atoms. The third-order valence-corrected chi connectivity index (χ3v) is 7.31. The van der Waals surface area contributed by atoms with Crippen LogP contribution < -0.4 is 18.9 Å². The van der Waals surface area contributed by atoms with Gasteiger partial charge in [-0.25, -0.2) is 8.42 Å². The standard InChI is InChI=1S/C23H30O8S/c1-6-11-30-18-10-8-7-9-16(18)21-17(24)14-31-23(21,32(5,25)26)15-12-19(27-2)22(29-4)20(13-15)28-3/h7-10,12-13,17,21,24H,6,11,14H2,1-5H3. The molecule has 3 rings (SSSR count). The Bertz CT molecular complexity index is 1030. The summed E-state index contributed by atoms with van der Waals surface area (Å²) in [5, 5.41) is 11.0. The van der Waals surface area contributed by atoms with Crippen LogP contribution in [0.25, 0.3) is 0 Å². The van der Waals surface area contributed by atoms with Gasteiger partial charge in [0.2, 0.25) is 10.7 Å². The van der Waals surface area contributed by atoms with Crippen LogP contribution >= 0.6 is 0 Å². The van der Waals surface area contributed by atoms with Crippen molar-refractivity contribution in [2.75, 3.05) is 40.8 Å². The molecule has 176 valence electrons. The van der Waals surface area contributed by atoms with E-state index in [1.807, 2.05) is 6.92 Å². The van der Waals surface area contributed by atoms with Crippen molar-refractivity contribution in [1.29, 1.82) is 0 Å². The van der Waals surface area contributed by atoms with E-state index in [-0.39, 0.29) is 23.7 Å². The second kappa shape index (κ2) is 9.56. The summed E-state index contributed by atoms with van der Waals surface area (Å²) < 4.78 is 54.8. The lowest BCUT2D eigenvalue weighted by Gasteiger charge is -2.35. The molecule has 0 amide bonds. The van der Waals surface area contributed by atoms with Crippen molar-refractivity contribution in [1.82, 2.24) is 0 Å². The fourth-order valence-electron chi connectivity index (χ4n) is 4.24. The van der Waals surface area contributed by atoms with Crippen LogP contribution in [0.5, 0.6) is 23.0 Å². The predicted octanol–water partition coefficient (Wildman–Crippen LogP) is 2.87. The van der Waals surface area contributed by atoms with Gasteiger partial charge < -0.3 is 28.8 Å². The van der Waals surface area contributed by atoms with Crippen molar-refractivity contribution in [3.05, 3.63) is 47.5 Å². The number of aliphatic hydroxyl groups is 1. The molecule has 1 saturated heterocycles. The minimum atomic E-state index is -3.94. The molecule has 1 heterocycles. The summed E-state index contributed by atoms with van der Waals surface area (Å²) in [5.41, 5.74) is 0.812. The zero-order valence-corrected chi connectivity index (χ0v) is 19.8. The zero-order valence-electron chi connectivity index (χ0n) is 19.0. The number of sulfone groups is 1. The number of methoxy groups -OCH3 is 3. The molecule has 3 atom stereocenters. The molecule has 0 bridgehead atoms. The van der Waals surface area contributed by atoms with Gasteiger partial charge in [-0.15, -0.1) is 0 Å². The molecule has 9 heteroatoms. The number of ether oxygens (including phenoxy) is 5. The Morgan fingerprint density at radius 2 is 1.69 bits per heavy atom. The average Bonchev–Trinajstić information content (AvgIpc) is 3.14. The SMILES string of the molecule is CCCOc1ccccc1C1C(O)COC1(c1cc(OC)c(OC)c(OC)c1)S(C)(=O)=O. The molecule has 2 aromatic carbocycles. The normalized spacial score (nSPS) is 23.1. The Balaban J connectivity index is 2.31. The Morgan fingerprint density at radius 1 is 1.06 bits per heavy atom. The minimum absolute atomic E-state index is 0.170. The Kier molecular flexibility index (Phi) is 7.22. The van der Waals surface area contributed by atoms with E-state index in [4.69, 9.17) is 23.7 Å². The van der Waals surface area contributed by atoms with Crippen molar-refractivity contribution >= 4 is 9.84 Å².